The van der Waals surface area contributed by atoms with Gasteiger partial charge < -0.3 is 10.6 Å². The normalized spacial score (nSPS) is 27.2. The van der Waals surface area contributed by atoms with Crippen molar-refractivity contribution in [1.29, 1.82) is 0 Å². The smallest absolute Gasteiger partial charge is 0.253 e. The van der Waals surface area contributed by atoms with E-state index in [1.807, 2.05) is 23.1 Å². The Morgan fingerprint density at radius 1 is 1.29 bits per heavy atom. The molecular formula is C14H18N2O. The SMILES string of the molecule is N[C@@H]1C[C@H]1c1cccc(C(=O)N2CCCC2)c1. The zero-order valence-corrected chi connectivity index (χ0v) is 9.93. The summed E-state index contributed by atoms with van der Waals surface area (Å²) in [5, 5.41) is 0. The summed E-state index contributed by atoms with van der Waals surface area (Å²) in [6.45, 7) is 1.82. The van der Waals surface area contributed by atoms with Gasteiger partial charge in [0.05, 0.1) is 0 Å². The predicted molar refractivity (Wildman–Crippen MR) is 66.9 cm³/mol. The van der Waals surface area contributed by atoms with Crippen LogP contribution in [0.5, 0.6) is 0 Å². The van der Waals surface area contributed by atoms with Crippen molar-refractivity contribution in [1.82, 2.24) is 4.90 Å². The summed E-state index contributed by atoms with van der Waals surface area (Å²) in [4.78, 5) is 14.2. The third kappa shape index (κ3) is 2.07. The molecule has 0 aromatic heterocycles. The molecule has 2 fully saturated rings. The Bertz CT molecular complexity index is 438. The number of benzene rings is 1. The van der Waals surface area contributed by atoms with E-state index >= 15 is 0 Å². The molecule has 3 heteroatoms. The molecule has 0 radical (unpaired) electrons. The lowest BCUT2D eigenvalue weighted by Crippen LogP contribution is -2.27. The maximum absolute atomic E-state index is 12.2. The minimum absolute atomic E-state index is 0.179. The molecule has 0 spiro atoms. The fourth-order valence-corrected chi connectivity index (χ4v) is 2.60. The number of nitrogens with two attached hydrogens (primary N) is 1. The largest absolute Gasteiger partial charge is 0.339 e. The van der Waals surface area contributed by atoms with Gasteiger partial charge in [-0.05, 0) is 37.0 Å². The summed E-state index contributed by atoms with van der Waals surface area (Å²) in [5.74, 6) is 0.653. The van der Waals surface area contributed by atoms with Gasteiger partial charge in [0.1, 0.15) is 0 Å². The molecule has 1 heterocycles. The van der Waals surface area contributed by atoms with Crippen LogP contribution >= 0.6 is 0 Å². The minimum Gasteiger partial charge on any atom is -0.339 e. The van der Waals surface area contributed by atoms with Gasteiger partial charge in [-0.25, -0.2) is 0 Å². The summed E-state index contributed by atoms with van der Waals surface area (Å²) in [7, 11) is 0. The van der Waals surface area contributed by atoms with Crippen LogP contribution in [0.4, 0.5) is 0 Å². The highest BCUT2D eigenvalue weighted by molar-refractivity contribution is 5.94. The molecule has 2 aliphatic rings. The van der Waals surface area contributed by atoms with Gasteiger partial charge in [-0.2, -0.15) is 0 Å². The summed E-state index contributed by atoms with van der Waals surface area (Å²) in [5.41, 5.74) is 7.90. The molecule has 1 amide bonds. The van der Waals surface area contributed by atoms with E-state index in [0.29, 0.717) is 12.0 Å². The number of hydrogen-bond acceptors (Lipinski definition) is 2. The molecule has 2 N–H and O–H groups in total. The Morgan fingerprint density at radius 3 is 2.65 bits per heavy atom. The van der Waals surface area contributed by atoms with Crippen LogP contribution in [0.25, 0.3) is 0 Å². The van der Waals surface area contributed by atoms with Gasteiger partial charge in [0.25, 0.3) is 5.91 Å². The molecule has 0 bridgehead atoms. The quantitative estimate of drug-likeness (QED) is 0.841. The van der Waals surface area contributed by atoms with Crippen LogP contribution in [0.3, 0.4) is 0 Å². The standard InChI is InChI=1S/C14H18N2O/c15-13-9-12(13)10-4-3-5-11(8-10)14(17)16-6-1-2-7-16/h3-5,8,12-13H,1-2,6-7,9,15H2/t12-,13+/m0/s1. The summed E-state index contributed by atoms with van der Waals surface area (Å²) >= 11 is 0. The average molecular weight is 230 g/mol. The number of carbonyl (C=O) groups excluding carboxylic acids is 1. The van der Waals surface area contributed by atoms with Crippen LogP contribution < -0.4 is 5.73 Å². The lowest BCUT2D eigenvalue weighted by molar-refractivity contribution is 0.0792. The molecule has 1 aliphatic heterocycles. The molecule has 1 aliphatic carbocycles. The summed E-state index contributed by atoms with van der Waals surface area (Å²) < 4.78 is 0. The highest BCUT2D eigenvalue weighted by Gasteiger charge is 2.35. The second-order valence-corrected chi connectivity index (χ2v) is 5.13. The molecule has 1 aromatic rings. The number of likely N-dealkylation sites (tertiary alicyclic amines) is 1. The van der Waals surface area contributed by atoms with Crippen molar-refractivity contribution in [2.75, 3.05) is 13.1 Å². The number of amides is 1. The van der Waals surface area contributed by atoms with E-state index in [2.05, 4.69) is 6.07 Å². The van der Waals surface area contributed by atoms with Gasteiger partial charge in [-0.15, -0.1) is 0 Å². The van der Waals surface area contributed by atoms with Gasteiger partial charge >= 0.3 is 0 Å². The topological polar surface area (TPSA) is 46.3 Å². The van der Waals surface area contributed by atoms with E-state index in [-0.39, 0.29) is 5.91 Å². The first kappa shape index (κ1) is 10.8. The van der Waals surface area contributed by atoms with Crippen molar-refractivity contribution >= 4 is 5.91 Å². The minimum atomic E-state index is 0.179. The van der Waals surface area contributed by atoms with Crippen LogP contribution in [0.15, 0.2) is 24.3 Å². The number of rotatable bonds is 2. The van der Waals surface area contributed by atoms with Gasteiger partial charge in [-0.1, -0.05) is 12.1 Å². The van der Waals surface area contributed by atoms with Gasteiger partial charge in [0.15, 0.2) is 0 Å². The highest BCUT2D eigenvalue weighted by atomic mass is 16.2. The molecule has 2 atom stereocenters. The van der Waals surface area contributed by atoms with Crippen molar-refractivity contribution in [3.63, 3.8) is 0 Å². The highest BCUT2D eigenvalue weighted by Crippen LogP contribution is 2.39. The van der Waals surface area contributed by atoms with Crippen LogP contribution in [0.2, 0.25) is 0 Å². The summed E-state index contributed by atoms with van der Waals surface area (Å²) in [6.07, 6.45) is 3.33. The van der Waals surface area contributed by atoms with Crippen molar-refractivity contribution in [3.05, 3.63) is 35.4 Å². The van der Waals surface area contributed by atoms with Gasteiger partial charge in [0, 0.05) is 30.6 Å². The van der Waals surface area contributed by atoms with E-state index < -0.39 is 0 Å². The Balaban J connectivity index is 1.80. The molecule has 3 nitrogen and oxygen atoms in total. The number of nitrogens with zero attached hydrogens (tertiary/aromatic N) is 1. The molecule has 1 aromatic carbocycles. The van der Waals surface area contributed by atoms with E-state index in [0.717, 1.165) is 37.9 Å². The van der Waals surface area contributed by atoms with E-state index in [1.54, 1.807) is 0 Å². The molecule has 90 valence electrons. The van der Waals surface area contributed by atoms with Gasteiger partial charge in [-0.3, -0.25) is 4.79 Å². The summed E-state index contributed by atoms with van der Waals surface area (Å²) in [6, 6.07) is 8.30. The Kier molecular flexibility index (Phi) is 2.63. The second-order valence-electron chi connectivity index (χ2n) is 5.13. The zero-order valence-electron chi connectivity index (χ0n) is 9.93. The maximum atomic E-state index is 12.2. The Hall–Kier alpha value is -1.35. The zero-order chi connectivity index (χ0) is 11.8. The molecule has 1 saturated carbocycles. The lowest BCUT2D eigenvalue weighted by atomic mass is 10.1. The van der Waals surface area contributed by atoms with E-state index in [1.165, 1.54) is 5.56 Å². The van der Waals surface area contributed by atoms with E-state index in [4.69, 9.17) is 5.73 Å². The van der Waals surface area contributed by atoms with Crippen LogP contribution in [-0.4, -0.2) is 29.9 Å². The Morgan fingerprint density at radius 2 is 2.00 bits per heavy atom. The van der Waals surface area contributed by atoms with Crippen LogP contribution in [-0.2, 0) is 0 Å². The second kappa shape index (κ2) is 4.15. The van der Waals surface area contributed by atoms with Crippen molar-refractivity contribution < 1.29 is 4.79 Å². The lowest BCUT2D eigenvalue weighted by Gasteiger charge is -2.15. The van der Waals surface area contributed by atoms with Crippen LogP contribution in [0, 0.1) is 0 Å². The van der Waals surface area contributed by atoms with Crippen LogP contribution in [0.1, 0.15) is 41.1 Å². The molecule has 17 heavy (non-hydrogen) atoms. The molecular weight excluding hydrogens is 212 g/mol. The molecule has 3 rings (SSSR count). The Labute approximate surface area is 102 Å². The van der Waals surface area contributed by atoms with Crippen molar-refractivity contribution in [2.45, 2.75) is 31.2 Å². The molecule has 0 unspecified atom stereocenters. The monoisotopic (exact) mass is 230 g/mol. The maximum Gasteiger partial charge on any atom is 0.253 e. The number of carbonyl (C=O) groups is 1. The fraction of sp³-hybridized carbons (Fsp3) is 0.500. The third-order valence-electron chi connectivity index (χ3n) is 3.79. The van der Waals surface area contributed by atoms with Crippen molar-refractivity contribution in [2.24, 2.45) is 5.73 Å². The first-order chi connectivity index (χ1) is 8.25. The first-order valence-corrected chi connectivity index (χ1v) is 6.40. The number of hydrogen-bond donors (Lipinski definition) is 1. The average Bonchev–Trinajstić information content (AvgIpc) is 2.88. The predicted octanol–water partition coefficient (Wildman–Crippen LogP) is 1.74. The fourth-order valence-electron chi connectivity index (χ4n) is 2.60. The molecule has 1 saturated heterocycles. The van der Waals surface area contributed by atoms with Crippen molar-refractivity contribution in [3.8, 4) is 0 Å². The van der Waals surface area contributed by atoms with Gasteiger partial charge in [0.2, 0.25) is 0 Å². The third-order valence-corrected chi connectivity index (χ3v) is 3.79. The first-order valence-electron chi connectivity index (χ1n) is 6.40. The van der Waals surface area contributed by atoms with E-state index in [9.17, 15) is 4.79 Å².